The Balaban J connectivity index is 1.94. The Hall–Kier alpha value is -0.420. The van der Waals surface area contributed by atoms with Crippen LogP contribution in [0, 0.1) is 0 Å². The molecular formula is C15H23ClN2OS. The number of benzene rings is 1. The number of methoxy groups -OCH3 is 1. The predicted octanol–water partition coefficient (Wildman–Crippen LogP) is 3.02. The molecule has 5 heteroatoms. The number of hydrogen-bond acceptors (Lipinski definition) is 4. The van der Waals surface area contributed by atoms with E-state index in [1.54, 1.807) is 7.11 Å². The van der Waals surface area contributed by atoms with Gasteiger partial charge in [0.25, 0.3) is 0 Å². The summed E-state index contributed by atoms with van der Waals surface area (Å²) < 4.78 is 5.01. The van der Waals surface area contributed by atoms with Crippen LogP contribution in [-0.2, 0) is 11.3 Å². The number of thioether (sulfide) groups is 1. The highest BCUT2D eigenvalue weighted by atomic mass is 35.5. The second-order valence-corrected chi connectivity index (χ2v) is 7.03. The smallest absolute Gasteiger partial charge is 0.0587 e. The van der Waals surface area contributed by atoms with Gasteiger partial charge in [0, 0.05) is 55.0 Å². The molecule has 2 rings (SSSR count). The minimum absolute atomic E-state index is 0.693. The average molecular weight is 315 g/mol. The third-order valence-corrected chi connectivity index (χ3v) is 4.93. The Morgan fingerprint density at radius 3 is 3.05 bits per heavy atom. The molecule has 1 atom stereocenters. The number of ether oxygens (including phenoxy) is 1. The van der Waals surface area contributed by atoms with E-state index in [4.69, 9.17) is 16.3 Å². The molecule has 0 saturated carbocycles. The molecule has 3 nitrogen and oxygen atoms in total. The molecule has 1 aromatic carbocycles. The van der Waals surface area contributed by atoms with E-state index >= 15 is 0 Å². The van der Waals surface area contributed by atoms with Crippen molar-refractivity contribution in [2.75, 3.05) is 44.0 Å². The SMILES string of the molecule is COCCNCc1ccc(N2CCSC(C)C2)cc1Cl. The van der Waals surface area contributed by atoms with E-state index in [0.29, 0.717) is 5.25 Å². The lowest BCUT2D eigenvalue weighted by atomic mass is 10.2. The fourth-order valence-electron chi connectivity index (χ4n) is 2.33. The molecule has 1 unspecified atom stereocenters. The largest absolute Gasteiger partial charge is 0.383 e. The van der Waals surface area contributed by atoms with Gasteiger partial charge in [0.2, 0.25) is 0 Å². The lowest BCUT2D eigenvalue weighted by molar-refractivity contribution is 0.199. The van der Waals surface area contributed by atoms with Crippen molar-refractivity contribution < 1.29 is 4.74 Å². The Morgan fingerprint density at radius 1 is 1.50 bits per heavy atom. The molecule has 1 saturated heterocycles. The van der Waals surface area contributed by atoms with Gasteiger partial charge in [0.05, 0.1) is 6.61 Å². The van der Waals surface area contributed by atoms with E-state index in [1.807, 2.05) is 11.8 Å². The fourth-order valence-corrected chi connectivity index (χ4v) is 3.58. The first-order valence-corrected chi connectivity index (χ1v) is 8.48. The van der Waals surface area contributed by atoms with Gasteiger partial charge in [0.1, 0.15) is 0 Å². The zero-order chi connectivity index (χ0) is 14.4. The van der Waals surface area contributed by atoms with Crippen LogP contribution in [0.15, 0.2) is 18.2 Å². The van der Waals surface area contributed by atoms with Crippen LogP contribution in [-0.4, -0.2) is 44.4 Å². The van der Waals surface area contributed by atoms with Crippen LogP contribution in [0.2, 0.25) is 5.02 Å². The van der Waals surface area contributed by atoms with E-state index in [2.05, 4.69) is 35.3 Å². The molecule has 0 amide bonds. The highest BCUT2D eigenvalue weighted by Gasteiger charge is 2.17. The first kappa shape index (κ1) is 16.0. The molecule has 1 heterocycles. The normalized spacial score (nSPS) is 19.4. The van der Waals surface area contributed by atoms with E-state index in [1.165, 1.54) is 11.4 Å². The summed E-state index contributed by atoms with van der Waals surface area (Å²) in [4.78, 5) is 2.43. The minimum Gasteiger partial charge on any atom is -0.383 e. The molecule has 20 heavy (non-hydrogen) atoms. The van der Waals surface area contributed by atoms with Crippen LogP contribution >= 0.6 is 23.4 Å². The summed E-state index contributed by atoms with van der Waals surface area (Å²) in [5.41, 5.74) is 2.38. The van der Waals surface area contributed by atoms with E-state index in [9.17, 15) is 0 Å². The van der Waals surface area contributed by atoms with Gasteiger partial charge in [-0.15, -0.1) is 0 Å². The highest BCUT2D eigenvalue weighted by molar-refractivity contribution is 8.00. The number of nitrogens with one attached hydrogen (secondary N) is 1. The number of hydrogen-bond donors (Lipinski definition) is 1. The summed E-state index contributed by atoms with van der Waals surface area (Å²) in [7, 11) is 1.71. The van der Waals surface area contributed by atoms with E-state index in [-0.39, 0.29) is 0 Å². The van der Waals surface area contributed by atoms with Gasteiger partial charge in [-0.1, -0.05) is 24.6 Å². The Kier molecular flexibility index (Phi) is 6.49. The minimum atomic E-state index is 0.693. The average Bonchev–Trinajstić information content (AvgIpc) is 2.45. The van der Waals surface area contributed by atoms with Crippen molar-refractivity contribution >= 4 is 29.1 Å². The van der Waals surface area contributed by atoms with Crippen LogP contribution in [0.3, 0.4) is 0 Å². The third-order valence-electron chi connectivity index (χ3n) is 3.44. The second-order valence-electron chi connectivity index (χ2n) is 5.07. The lowest BCUT2D eigenvalue weighted by Crippen LogP contribution is -2.36. The summed E-state index contributed by atoms with van der Waals surface area (Å²) >= 11 is 8.44. The van der Waals surface area contributed by atoms with Crippen LogP contribution in [0.4, 0.5) is 5.69 Å². The Morgan fingerprint density at radius 2 is 2.35 bits per heavy atom. The standard InChI is InChI=1S/C15H23ClN2OS/c1-12-11-18(6-8-20-12)14-4-3-13(15(16)9-14)10-17-5-7-19-2/h3-4,9,12,17H,5-8,10-11H2,1-2H3. The monoisotopic (exact) mass is 314 g/mol. The van der Waals surface area contributed by atoms with Gasteiger partial charge in [-0.3, -0.25) is 0 Å². The Labute approximate surface area is 131 Å². The number of anilines is 1. The zero-order valence-corrected chi connectivity index (χ0v) is 13.8. The molecule has 1 aromatic rings. The zero-order valence-electron chi connectivity index (χ0n) is 12.2. The van der Waals surface area contributed by atoms with Crippen LogP contribution in [0.25, 0.3) is 0 Å². The summed E-state index contributed by atoms with van der Waals surface area (Å²) in [6.45, 7) is 6.85. The maximum absolute atomic E-state index is 6.39. The first-order valence-electron chi connectivity index (χ1n) is 7.05. The van der Waals surface area contributed by atoms with E-state index < -0.39 is 0 Å². The molecular weight excluding hydrogens is 292 g/mol. The molecule has 0 aromatic heterocycles. The van der Waals surface area contributed by atoms with Gasteiger partial charge in [-0.2, -0.15) is 11.8 Å². The fraction of sp³-hybridized carbons (Fsp3) is 0.600. The van der Waals surface area contributed by atoms with Crippen molar-refractivity contribution in [2.24, 2.45) is 0 Å². The van der Waals surface area contributed by atoms with Gasteiger partial charge in [0.15, 0.2) is 0 Å². The molecule has 112 valence electrons. The lowest BCUT2D eigenvalue weighted by Gasteiger charge is -2.32. The molecule has 0 bridgehead atoms. The van der Waals surface area contributed by atoms with Gasteiger partial charge < -0.3 is 15.0 Å². The molecule has 0 aliphatic carbocycles. The topological polar surface area (TPSA) is 24.5 Å². The second kappa shape index (κ2) is 8.13. The molecule has 1 N–H and O–H groups in total. The number of nitrogens with zero attached hydrogens (tertiary/aromatic N) is 1. The summed E-state index contributed by atoms with van der Waals surface area (Å²) in [6.07, 6.45) is 0. The molecule has 0 spiro atoms. The summed E-state index contributed by atoms with van der Waals surface area (Å²) in [5, 5.41) is 4.86. The quantitative estimate of drug-likeness (QED) is 0.816. The first-order chi connectivity index (χ1) is 9.70. The van der Waals surface area contributed by atoms with E-state index in [0.717, 1.165) is 43.4 Å². The van der Waals surface area contributed by atoms with Crippen molar-refractivity contribution in [3.05, 3.63) is 28.8 Å². The summed E-state index contributed by atoms with van der Waals surface area (Å²) in [5.74, 6) is 1.19. The third kappa shape index (κ3) is 4.55. The maximum atomic E-state index is 6.39. The molecule has 1 aliphatic rings. The number of halogens is 1. The maximum Gasteiger partial charge on any atom is 0.0587 e. The van der Waals surface area contributed by atoms with Gasteiger partial charge in [-0.05, 0) is 17.7 Å². The van der Waals surface area contributed by atoms with Crippen molar-refractivity contribution in [2.45, 2.75) is 18.7 Å². The van der Waals surface area contributed by atoms with Crippen molar-refractivity contribution in [3.63, 3.8) is 0 Å². The molecule has 0 radical (unpaired) electrons. The predicted molar refractivity (Wildman–Crippen MR) is 89.2 cm³/mol. The van der Waals surface area contributed by atoms with Crippen LogP contribution in [0.5, 0.6) is 0 Å². The van der Waals surface area contributed by atoms with Crippen LogP contribution in [0.1, 0.15) is 12.5 Å². The molecule has 1 aliphatic heterocycles. The summed E-state index contributed by atoms with van der Waals surface area (Å²) in [6, 6.07) is 6.41. The Bertz CT molecular complexity index is 430. The highest BCUT2D eigenvalue weighted by Crippen LogP contribution is 2.27. The van der Waals surface area contributed by atoms with Gasteiger partial charge in [-0.25, -0.2) is 0 Å². The van der Waals surface area contributed by atoms with Crippen molar-refractivity contribution in [1.29, 1.82) is 0 Å². The van der Waals surface area contributed by atoms with Crippen molar-refractivity contribution in [1.82, 2.24) is 5.32 Å². The van der Waals surface area contributed by atoms with Gasteiger partial charge >= 0.3 is 0 Å². The van der Waals surface area contributed by atoms with Crippen LogP contribution < -0.4 is 10.2 Å². The number of rotatable bonds is 6. The molecule has 1 fully saturated rings. The van der Waals surface area contributed by atoms with Crippen molar-refractivity contribution in [3.8, 4) is 0 Å².